The maximum atomic E-state index is 12.7. The molecule has 2 aromatic rings. The van der Waals surface area contributed by atoms with Crippen molar-refractivity contribution in [3.63, 3.8) is 0 Å². The zero-order valence-electron chi connectivity index (χ0n) is 21.2. The summed E-state index contributed by atoms with van der Waals surface area (Å²) in [6.07, 6.45) is 1.81. The highest BCUT2D eigenvalue weighted by Gasteiger charge is 2.34. The summed E-state index contributed by atoms with van der Waals surface area (Å²) in [6, 6.07) is 10.7. The zero-order chi connectivity index (χ0) is 24.4. The van der Waals surface area contributed by atoms with Crippen molar-refractivity contribution in [2.45, 2.75) is 52.2 Å². The van der Waals surface area contributed by atoms with Gasteiger partial charge in [-0.15, -0.1) is 0 Å². The van der Waals surface area contributed by atoms with Gasteiger partial charge in [-0.05, 0) is 69.1 Å². The Morgan fingerprint density at radius 2 is 1.89 bits per heavy atom. The molecule has 1 aromatic heterocycles. The minimum atomic E-state index is -0.267. The largest absolute Gasteiger partial charge is 0.381 e. The zero-order valence-corrected chi connectivity index (χ0v) is 21.2. The summed E-state index contributed by atoms with van der Waals surface area (Å²) in [5.41, 5.74) is 4.59. The van der Waals surface area contributed by atoms with Crippen LogP contribution in [0.2, 0.25) is 0 Å². The van der Waals surface area contributed by atoms with E-state index in [1.807, 2.05) is 13.0 Å². The quantitative estimate of drug-likeness (QED) is 0.683. The molecule has 0 aliphatic carbocycles. The maximum absolute atomic E-state index is 12.7. The highest BCUT2D eigenvalue weighted by atomic mass is 16.5. The third kappa shape index (κ3) is 5.09. The number of likely N-dealkylation sites (N-methyl/N-ethyl adjacent to an activating group) is 1. The van der Waals surface area contributed by atoms with Gasteiger partial charge in [0.1, 0.15) is 17.7 Å². The van der Waals surface area contributed by atoms with Gasteiger partial charge in [-0.25, -0.2) is 4.98 Å². The van der Waals surface area contributed by atoms with E-state index in [-0.39, 0.29) is 18.0 Å². The van der Waals surface area contributed by atoms with E-state index in [2.05, 4.69) is 63.4 Å². The number of aromatic nitrogens is 1. The van der Waals surface area contributed by atoms with E-state index in [9.17, 15) is 4.79 Å². The van der Waals surface area contributed by atoms with Gasteiger partial charge in [0.25, 0.3) is 0 Å². The van der Waals surface area contributed by atoms with Crippen molar-refractivity contribution >= 4 is 28.9 Å². The van der Waals surface area contributed by atoms with E-state index >= 15 is 0 Å². The van der Waals surface area contributed by atoms with Crippen LogP contribution in [0.5, 0.6) is 0 Å². The Balaban J connectivity index is 1.37. The molecule has 1 unspecified atom stereocenters. The van der Waals surface area contributed by atoms with Crippen molar-refractivity contribution in [1.82, 2.24) is 15.2 Å². The van der Waals surface area contributed by atoms with Gasteiger partial charge in [-0.1, -0.05) is 6.92 Å². The van der Waals surface area contributed by atoms with E-state index in [1.165, 1.54) is 11.3 Å². The van der Waals surface area contributed by atoms with Gasteiger partial charge < -0.3 is 30.1 Å². The molecule has 35 heavy (non-hydrogen) atoms. The Bertz CT molecular complexity index is 1050. The van der Waals surface area contributed by atoms with Crippen molar-refractivity contribution in [1.29, 1.82) is 0 Å². The number of pyridine rings is 1. The van der Waals surface area contributed by atoms with Crippen molar-refractivity contribution in [3.8, 4) is 0 Å². The highest BCUT2D eigenvalue weighted by molar-refractivity contribution is 5.86. The third-order valence-corrected chi connectivity index (χ3v) is 7.69. The molecule has 2 fully saturated rings. The Morgan fingerprint density at radius 1 is 1.11 bits per heavy atom. The summed E-state index contributed by atoms with van der Waals surface area (Å²) in [5, 5.41) is 6.61. The predicted molar refractivity (Wildman–Crippen MR) is 141 cm³/mol. The normalized spacial score (nSPS) is 21.9. The molecular weight excluding hydrogens is 440 g/mol. The molecule has 1 aromatic carbocycles. The summed E-state index contributed by atoms with van der Waals surface area (Å²) in [5.74, 6) is 1.75. The minimum absolute atomic E-state index is 0.0511. The first kappa shape index (κ1) is 23.9. The monoisotopic (exact) mass is 478 g/mol. The number of nitrogens with one attached hydrogen (secondary N) is 2. The number of anilines is 4. The topological polar surface area (TPSA) is 73.0 Å². The molecule has 0 bridgehead atoms. The summed E-state index contributed by atoms with van der Waals surface area (Å²) in [4.78, 5) is 25.0. The lowest BCUT2D eigenvalue weighted by Crippen LogP contribution is -2.50. The molecule has 0 radical (unpaired) electrons. The van der Waals surface area contributed by atoms with Gasteiger partial charge in [0, 0.05) is 68.9 Å². The molecule has 1 atom stereocenters. The lowest BCUT2D eigenvalue weighted by atomic mass is 10.0. The number of benzene rings is 1. The number of carbonyl (C=O) groups excluding carboxylic acids is 1. The van der Waals surface area contributed by atoms with Gasteiger partial charge >= 0.3 is 0 Å². The van der Waals surface area contributed by atoms with Crippen LogP contribution in [0.15, 0.2) is 30.3 Å². The van der Waals surface area contributed by atoms with Gasteiger partial charge in [-0.3, -0.25) is 4.79 Å². The number of nitrogens with zero attached hydrogens (tertiary/aromatic N) is 4. The van der Waals surface area contributed by atoms with Crippen molar-refractivity contribution in [3.05, 3.63) is 41.5 Å². The molecule has 4 heterocycles. The highest BCUT2D eigenvalue weighted by Crippen LogP contribution is 2.32. The lowest BCUT2D eigenvalue weighted by Gasteiger charge is -2.38. The number of hydrogen-bond donors (Lipinski definition) is 2. The molecule has 2 saturated heterocycles. The number of rotatable bonds is 5. The predicted octanol–water partition coefficient (Wildman–Crippen LogP) is 3.28. The minimum Gasteiger partial charge on any atom is -0.381 e. The first-order valence-electron chi connectivity index (χ1n) is 13.0. The number of piperazine rings is 1. The molecule has 8 nitrogen and oxygen atoms in total. The van der Waals surface area contributed by atoms with Crippen LogP contribution in [0.4, 0.5) is 23.0 Å². The molecule has 188 valence electrons. The number of hydrogen-bond acceptors (Lipinski definition) is 7. The second-order valence-corrected chi connectivity index (χ2v) is 9.87. The van der Waals surface area contributed by atoms with Crippen LogP contribution in [0, 0.1) is 6.92 Å². The summed E-state index contributed by atoms with van der Waals surface area (Å²) in [6.45, 7) is 13.8. The van der Waals surface area contributed by atoms with Gasteiger partial charge in [0.05, 0.1) is 0 Å². The molecule has 0 saturated carbocycles. The number of fused-ring (bicyclic) bond motifs is 1. The smallest absolute Gasteiger partial charge is 0.242 e. The fraction of sp³-hybridized carbons (Fsp3) is 0.556. The van der Waals surface area contributed by atoms with Crippen molar-refractivity contribution in [2.75, 3.05) is 61.1 Å². The first-order chi connectivity index (χ1) is 17.0. The summed E-state index contributed by atoms with van der Waals surface area (Å²) >= 11 is 0. The molecule has 2 N–H and O–H groups in total. The fourth-order valence-corrected chi connectivity index (χ4v) is 5.45. The molecule has 5 rings (SSSR count). The Labute approximate surface area is 208 Å². The maximum Gasteiger partial charge on any atom is 0.242 e. The Kier molecular flexibility index (Phi) is 7.11. The Morgan fingerprint density at radius 3 is 2.60 bits per heavy atom. The summed E-state index contributed by atoms with van der Waals surface area (Å²) in [7, 11) is 0. The van der Waals surface area contributed by atoms with Crippen LogP contribution >= 0.6 is 0 Å². The molecule has 3 aliphatic heterocycles. The number of aryl methyl sites for hydroxylation is 1. The van der Waals surface area contributed by atoms with Crippen LogP contribution in [0.1, 0.15) is 37.8 Å². The second kappa shape index (κ2) is 10.4. The molecular formula is C27H38N6O2. The van der Waals surface area contributed by atoms with E-state index in [1.54, 1.807) is 0 Å². The average molecular weight is 479 g/mol. The van der Waals surface area contributed by atoms with Crippen LogP contribution in [0.3, 0.4) is 0 Å². The second-order valence-electron chi connectivity index (χ2n) is 9.87. The van der Waals surface area contributed by atoms with Gasteiger partial charge in [0.15, 0.2) is 0 Å². The van der Waals surface area contributed by atoms with E-state index < -0.39 is 0 Å². The standard InChI is InChI=1S/C27H38N6O2/c1-4-31-11-13-32(14-12-31)23-6-7-24(19(2)17-23)29-25-8-5-21-18-28-27(34)20(3)33(26(21)30-25)22-9-15-35-16-10-22/h5-8,17,20,22H,4,9-16,18H2,1-3H3,(H,28,34)(H,29,30). The summed E-state index contributed by atoms with van der Waals surface area (Å²) < 4.78 is 5.59. The van der Waals surface area contributed by atoms with Crippen molar-refractivity contribution in [2.24, 2.45) is 0 Å². The lowest BCUT2D eigenvalue weighted by molar-refractivity contribution is -0.122. The number of amides is 1. The van der Waals surface area contributed by atoms with Crippen LogP contribution in [-0.2, 0) is 16.1 Å². The molecule has 1 amide bonds. The SMILES string of the molecule is CCN1CCN(c2ccc(Nc3ccc4c(n3)N(C3CCOCC3)C(C)C(=O)NC4)c(C)c2)CC1. The first-order valence-corrected chi connectivity index (χ1v) is 13.0. The van der Waals surface area contributed by atoms with Gasteiger partial charge in [-0.2, -0.15) is 0 Å². The Hall–Kier alpha value is -2.84. The van der Waals surface area contributed by atoms with E-state index in [0.29, 0.717) is 6.54 Å². The molecule has 0 spiro atoms. The average Bonchev–Trinajstić information content (AvgIpc) is 3.01. The molecule has 8 heteroatoms. The third-order valence-electron chi connectivity index (χ3n) is 7.69. The van der Waals surface area contributed by atoms with Crippen LogP contribution in [-0.4, -0.2) is 73.8 Å². The fourth-order valence-electron chi connectivity index (χ4n) is 5.45. The number of ether oxygens (including phenoxy) is 1. The van der Waals surface area contributed by atoms with Gasteiger partial charge in [0.2, 0.25) is 5.91 Å². The van der Waals surface area contributed by atoms with Crippen LogP contribution < -0.4 is 20.4 Å². The number of carbonyl (C=O) groups is 1. The molecule has 3 aliphatic rings. The van der Waals surface area contributed by atoms with Crippen LogP contribution in [0.25, 0.3) is 0 Å². The van der Waals surface area contributed by atoms with E-state index in [0.717, 1.165) is 81.7 Å². The van der Waals surface area contributed by atoms with Crippen molar-refractivity contribution < 1.29 is 9.53 Å². The van der Waals surface area contributed by atoms with E-state index in [4.69, 9.17) is 9.72 Å².